The maximum absolute atomic E-state index is 12.2. The van der Waals surface area contributed by atoms with Crippen LogP contribution in [0, 0.1) is 6.92 Å². The third-order valence-electron chi connectivity index (χ3n) is 2.98. The van der Waals surface area contributed by atoms with E-state index in [1.165, 1.54) is 6.07 Å². The first kappa shape index (κ1) is 14.1. The maximum Gasteiger partial charge on any atom is 0.255 e. The molecular formula is C16H17NO3. The Labute approximate surface area is 117 Å². The molecule has 20 heavy (non-hydrogen) atoms. The normalized spacial score (nSPS) is 11.9. The van der Waals surface area contributed by atoms with Crippen molar-refractivity contribution in [2.75, 3.05) is 5.32 Å². The number of carbonyl (C=O) groups excluding carboxylic acids is 1. The smallest absolute Gasteiger partial charge is 0.255 e. The number of anilines is 1. The van der Waals surface area contributed by atoms with E-state index >= 15 is 0 Å². The summed E-state index contributed by atoms with van der Waals surface area (Å²) >= 11 is 0. The molecule has 104 valence electrons. The topological polar surface area (TPSA) is 69.6 Å². The van der Waals surface area contributed by atoms with Crippen LogP contribution in [0.2, 0.25) is 0 Å². The molecule has 0 aliphatic rings. The lowest BCUT2D eigenvalue weighted by Gasteiger charge is -2.13. The number of aromatic hydroxyl groups is 1. The highest BCUT2D eigenvalue weighted by Gasteiger charge is 2.12. The van der Waals surface area contributed by atoms with Crippen molar-refractivity contribution in [1.82, 2.24) is 0 Å². The van der Waals surface area contributed by atoms with Crippen LogP contribution in [0.1, 0.15) is 34.5 Å². The van der Waals surface area contributed by atoms with Gasteiger partial charge in [-0.2, -0.15) is 0 Å². The zero-order chi connectivity index (χ0) is 14.7. The second kappa shape index (κ2) is 5.75. The number of hydrogen-bond donors (Lipinski definition) is 3. The minimum absolute atomic E-state index is 0.0546. The number of rotatable bonds is 3. The van der Waals surface area contributed by atoms with Crippen LogP contribution < -0.4 is 5.32 Å². The van der Waals surface area contributed by atoms with E-state index in [-0.39, 0.29) is 11.7 Å². The summed E-state index contributed by atoms with van der Waals surface area (Å²) in [6.45, 7) is 3.45. The van der Waals surface area contributed by atoms with Crippen molar-refractivity contribution < 1.29 is 15.0 Å². The monoisotopic (exact) mass is 271 g/mol. The number of aryl methyl sites for hydroxylation is 1. The lowest BCUT2D eigenvalue weighted by atomic mass is 10.1. The van der Waals surface area contributed by atoms with E-state index in [0.29, 0.717) is 16.8 Å². The van der Waals surface area contributed by atoms with Crippen LogP contribution in [0.25, 0.3) is 0 Å². The Bertz CT molecular complexity index is 615. The molecule has 0 aliphatic carbocycles. The summed E-state index contributed by atoms with van der Waals surface area (Å²) in [5.41, 5.74) is 2.40. The van der Waals surface area contributed by atoms with Crippen molar-refractivity contribution >= 4 is 11.6 Å². The number of aliphatic hydroxyl groups is 1. The molecule has 2 rings (SSSR count). The fourth-order valence-corrected chi connectivity index (χ4v) is 2.06. The molecule has 0 heterocycles. The lowest BCUT2D eigenvalue weighted by Crippen LogP contribution is -2.14. The summed E-state index contributed by atoms with van der Waals surface area (Å²) in [4.78, 5) is 12.2. The van der Waals surface area contributed by atoms with Crippen LogP contribution in [0.15, 0.2) is 42.5 Å². The van der Waals surface area contributed by atoms with E-state index in [1.807, 2.05) is 0 Å². The summed E-state index contributed by atoms with van der Waals surface area (Å²) in [6, 6.07) is 11.8. The predicted octanol–water partition coefficient (Wildman–Crippen LogP) is 3.01. The first-order valence-electron chi connectivity index (χ1n) is 6.36. The molecule has 0 fully saturated rings. The Morgan fingerprint density at radius 3 is 2.55 bits per heavy atom. The standard InChI is InChI=1S/C16H17NO3/c1-10-7-12(9-13(19)8-10)16(20)17-15-6-4-3-5-14(15)11(2)18/h3-9,11,18-19H,1-2H3,(H,17,20). The van der Waals surface area contributed by atoms with Crippen LogP contribution in [0.4, 0.5) is 5.69 Å². The van der Waals surface area contributed by atoms with Crippen molar-refractivity contribution in [3.63, 3.8) is 0 Å². The molecule has 1 unspecified atom stereocenters. The molecule has 3 N–H and O–H groups in total. The molecule has 2 aromatic carbocycles. The van der Waals surface area contributed by atoms with Gasteiger partial charge in [0.2, 0.25) is 0 Å². The van der Waals surface area contributed by atoms with Crippen molar-refractivity contribution in [3.8, 4) is 5.75 Å². The van der Waals surface area contributed by atoms with Crippen LogP contribution in [0.3, 0.4) is 0 Å². The van der Waals surface area contributed by atoms with E-state index in [2.05, 4.69) is 5.32 Å². The van der Waals surface area contributed by atoms with E-state index in [1.54, 1.807) is 50.2 Å². The molecule has 0 bridgehead atoms. The number of phenolic OH excluding ortho intramolecular Hbond substituents is 1. The molecule has 0 aromatic heterocycles. The Morgan fingerprint density at radius 1 is 1.20 bits per heavy atom. The third-order valence-corrected chi connectivity index (χ3v) is 2.98. The number of para-hydroxylation sites is 1. The summed E-state index contributed by atoms with van der Waals surface area (Å²) < 4.78 is 0. The Kier molecular flexibility index (Phi) is 4.05. The van der Waals surface area contributed by atoms with Crippen LogP contribution >= 0.6 is 0 Å². The average molecular weight is 271 g/mol. The summed E-state index contributed by atoms with van der Waals surface area (Å²) in [5, 5.41) is 22.0. The van der Waals surface area contributed by atoms with Gasteiger partial charge in [-0.25, -0.2) is 0 Å². The summed E-state index contributed by atoms with van der Waals surface area (Å²) in [6.07, 6.45) is -0.669. The molecule has 2 aromatic rings. The van der Waals surface area contributed by atoms with Crippen molar-refractivity contribution in [2.24, 2.45) is 0 Å². The second-order valence-electron chi connectivity index (χ2n) is 4.77. The second-order valence-corrected chi connectivity index (χ2v) is 4.77. The van der Waals surface area contributed by atoms with Gasteiger partial charge in [-0.15, -0.1) is 0 Å². The van der Waals surface area contributed by atoms with Gasteiger partial charge in [0.25, 0.3) is 5.91 Å². The van der Waals surface area contributed by atoms with Crippen molar-refractivity contribution in [1.29, 1.82) is 0 Å². The number of amides is 1. The average Bonchev–Trinajstić information content (AvgIpc) is 2.37. The van der Waals surface area contributed by atoms with E-state index in [9.17, 15) is 15.0 Å². The van der Waals surface area contributed by atoms with Gasteiger partial charge in [0.05, 0.1) is 6.10 Å². The molecule has 0 saturated heterocycles. The molecule has 4 heteroatoms. The largest absolute Gasteiger partial charge is 0.508 e. The number of aliphatic hydroxyl groups excluding tert-OH is 1. The van der Waals surface area contributed by atoms with E-state index in [0.717, 1.165) is 5.56 Å². The number of phenols is 1. The fraction of sp³-hybridized carbons (Fsp3) is 0.188. The molecule has 1 amide bonds. The fourth-order valence-electron chi connectivity index (χ4n) is 2.06. The van der Waals surface area contributed by atoms with E-state index in [4.69, 9.17) is 0 Å². The first-order valence-corrected chi connectivity index (χ1v) is 6.36. The summed E-state index contributed by atoms with van der Waals surface area (Å²) in [7, 11) is 0. The van der Waals surface area contributed by atoms with Crippen molar-refractivity contribution in [2.45, 2.75) is 20.0 Å². The number of nitrogens with one attached hydrogen (secondary N) is 1. The molecule has 0 aliphatic heterocycles. The Hall–Kier alpha value is -2.33. The minimum Gasteiger partial charge on any atom is -0.508 e. The molecular weight excluding hydrogens is 254 g/mol. The maximum atomic E-state index is 12.2. The van der Waals surface area contributed by atoms with Gasteiger partial charge < -0.3 is 15.5 Å². The highest BCUT2D eigenvalue weighted by Crippen LogP contribution is 2.23. The van der Waals surface area contributed by atoms with Gasteiger partial charge in [0.1, 0.15) is 5.75 Å². The summed E-state index contributed by atoms with van der Waals surface area (Å²) in [5.74, 6) is -0.268. The Morgan fingerprint density at radius 2 is 1.90 bits per heavy atom. The zero-order valence-electron chi connectivity index (χ0n) is 11.4. The Balaban J connectivity index is 2.28. The molecule has 1 atom stereocenters. The zero-order valence-corrected chi connectivity index (χ0v) is 11.4. The molecule has 0 spiro atoms. The molecule has 0 saturated carbocycles. The first-order chi connectivity index (χ1) is 9.47. The van der Waals surface area contributed by atoms with E-state index < -0.39 is 6.10 Å². The minimum atomic E-state index is -0.669. The van der Waals surface area contributed by atoms with Gasteiger partial charge in [-0.1, -0.05) is 18.2 Å². The number of carbonyl (C=O) groups is 1. The molecule has 0 radical (unpaired) electrons. The van der Waals surface area contributed by atoms with Gasteiger partial charge in [0, 0.05) is 16.8 Å². The van der Waals surface area contributed by atoms with Gasteiger partial charge in [-0.05, 0) is 43.7 Å². The highest BCUT2D eigenvalue weighted by molar-refractivity contribution is 6.05. The highest BCUT2D eigenvalue weighted by atomic mass is 16.3. The third kappa shape index (κ3) is 3.16. The number of benzene rings is 2. The van der Waals surface area contributed by atoms with Crippen molar-refractivity contribution in [3.05, 3.63) is 59.2 Å². The predicted molar refractivity (Wildman–Crippen MR) is 77.9 cm³/mol. The molecule has 4 nitrogen and oxygen atoms in total. The van der Waals surface area contributed by atoms with Crippen LogP contribution in [-0.2, 0) is 0 Å². The van der Waals surface area contributed by atoms with Crippen LogP contribution in [0.5, 0.6) is 5.75 Å². The van der Waals surface area contributed by atoms with Gasteiger partial charge in [0.15, 0.2) is 0 Å². The van der Waals surface area contributed by atoms with Crippen LogP contribution in [-0.4, -0.2) is 16.1 Å². The number of hydrogen-bond acceptors (Lipinski definition) is 3. The lowest BCUT2D eigenvalue weighted by molar-refractivity contribution is 0.102. The quantitative estimate of drug-likeness (QED) is 0.803. The van der Waals surface area contributed by atoms with Gasteiger partial charge in [-0.3, -0.25) is 4.79 Å². The SMILES string of the molecule is Cc1cc(O)cc(C(=O)Nc2ccccc2C(C)O)c1. The van der Waals surface area contributed by atoms with Gasteiger partial charge >= 0.3 is 0 Å².